The third-order valence-electron chi connectivity index (χ3n) is 3.97. The summed E-state index contributed by atoms with van der Waals surface area (Å²) in [5.74, 6) is -0.207. The minimum atomic E-state index is -0.178. The van der Waals surface area contributed by atoms with Crippen molar-refractivity contribution in [3.8, 4) is 0 Å². The third kappa shape index (κ3) is 3.64. The summed E-state index contributed by atoms with van der Waals surface area (Å²) < 4.78 is 2.47. The quantitative estimate of drug-likeness (QED) is 0.553. The lowest BCUT2D eigenvalue weighted by atomic mass is 10.0. The van der Waals surface area contributed by atoms with Crippen LogP contribution in [0, 0.1) is 10.5 Å². The van der Waals surface area contributed by atoms with E-state index in [1.54, 1.807) is 29.9 Å². The van der Waals surface area contributed by atoms with Crippen LogP contribution >= 0.6 is 34.2 Å². The van der Waals surface area contributed by atoms with Gasteiger partial charge in [-0.2, -0.15) is 5.10 Å². The zero-order valence-corrected chi connectivity index (χ0v) is 16.3. The van der Waals surface area contributed by atoms with E-state index in [2.05, 4.69) is 33.0 Å². The lowest BCUT2D eigenvalue weighted by molar-refractivity contribution is 0.0947. The Morgan fingerprint density at radius 3 is 2.71 bits per heavy atom. The van der Waals surface area contributed by atoms with Crippen molar-refractivity contribution in [3.05, 3.63) is 49.3 Å². The molecule has 1 N–H and O–H groups in total. The van der Waals surface area contributed by atoms with Crippen molar-refractivity contribution >= 4 is 45.9 Å². The maximum atomic E-state index is 12.6. The van der Waals surface area contributed by atoms with Crippen LogP contribution in [0.2, 0.25) is 5.02 Å². The predicted octanol–water partition coefficient (Wildman–Crippen LogP) is 3.30. The first-order valence-corrected chi connectivity index (χ1v) is 9.14. The summed E-state index contributed by atoms with van der Waals surface area (Å²) in [6.45, 7) is 1.88. The average molecular weight is 458 g/mol. The Morgan fingerprint density at radius 1 is 1.42 bits per heavy atom. The van der Waals surface area contributed by atoms with Crippen molar-refractivity contribution in [1.82, 2.24) is 15.1 Å². The van der Waals surface area contributed by atoms with E-state index >= 15 is 0 Å². The second-order valence-corrected chi connectivity index (χ2v) is 7.52. The van der Waals surface area contributed by atoms with Crippen LogP contribution in [-0.2, 0) is 13.5 Å². The summed E-state index contributed by atoms with van der Waals surface area (Å²) >= 11 is 8.28. The summed E-state index contributed by atoms with van der Waals surface area (Å²) in [4.78, 5) is 24.9. The molecule has 0 unspecified atom stereocenters. The van der Waals surface area contributed by atoms with Gasteiger partial charge in [0.15, 0.2) is 5.78 Å². The fourth-order valence-corrected chi connectivity index (χ4v) is 3.51. The van der Waals surface area contributed by atoms with Gasteiger partial charge in [0.1, 0.15) is 5.69 Å². The van der Waals surface area contributed by atoms with Crippen molar-refractivity contribution in [3.63, 3.8) is 0 Å². The van der Waals surface area contributed by atoms with E-state index in [0.717, 1.165) is 27.7 Å². The summed E-state index contributed by atoms with van der Waals surface area (Å²) in [5, 5.41) is 7.60. The molecule has 24 heavy (non-hydrogen) atoms. The molecule has 1 heterocycles. The first-order valence-electron chi connectivity index (χ1n) is 7.68. The largest absolute Gasteiger partial charge is 0.349 e. The van der Waals surface area contributed by atoms with Crippen LogP contribution in [0.5, 0.6) is 0 Å². The van der Waals surface area contributed by atoms with Crippen LogP contribution in [-0.4, -0.2) is 27.5 Å². The predicted molar refractivity (Wildman–Crippen MR) is 101 cm³/mol. The van der Waals surface area contributed by atoms with Crippen molar-refractivity contribution in [2.45, 2.75) is 32.2 Å². The van der Waals surface area contributed by atoms with Gasteiger partial charge in [0.05, 0.1) is 19.9 Å². The highest BCUT2D eigenvalue weighted by Crippen LogP contribution is 2.23. The molecule has 0 spiro atoms. The van der Waals surface area contributed by atoms with Crippen molar-refractivity contribution < 1.29 is 9.59 Å². The fourth-order valence-electron chi connectivity index (χ4n) is 2.55. The molecule has 3 rings (SSSR count). The Labute approximate surface area is 158 Å². The molecule has 0 saturated heterocycles. The molecule has 1 aliphatic rings. The first kappa shape index (κ1) is 17.4. The minimum Gasteiger partial charge on any atom is -0.349 e. The standard InChI is InChI=1S/C17H17ClIN3O2/c1-9-15(19)16(22(2)21-9)14(23)8-10-3-6-13(18)12(7-10)17(24)20-11-4-5-11/h3,6-7,11H,4-5,8H2,1-2H3,(H,20,24). The van der Waals surface area contributed by atoms with E-state index in [9.17, 15) is 9.59 Å². The Bertz CT molecular complexity index is 827. The number of carbonyl (C=O) groups is 2. The maximum Gasteiger partial charge on any atom is 0.253 e. The van der Waals surface area contributed by atoms with Crippen LogP contribution in [0.1, 0.15) is 44.9 Å². The monoisotopic (exact) mass is 457 g/mol. The molecule has 0 aliphatic heterocycles. The van der Waals surface area contributed by atoms with E-state index in [1.165, 1.54) is 0 Å². The SMILES string of the molecule is Cc1nn(C)c(C(=O)Cc2ccc(Cl)c(C(=O)NC3CC3)c2)c1I. The van der Waals surface area contributed by atoms with E-state index in [0.29, 0.717) is 16.3 Å². The smallest absolute Gasteiger partial charge is 0.253 e. The van der Waals surface area contributed by atoms with Crippen molar-refractivity contribution in [1.29, 1.82) is 0 Å². The highest BCUT2D eigenvalue weighted by Gasteiger charge is 2.25. The van der Waals surface area contributed by atoms with Gasteiger partial charge in [-0.05, 0) is 60.1 Å². The van der Waals surface area contributed by atoms with Crippen LogP contribution in [0.4, 0.5) is 0 Å². The molecule has 1 amide bonds. The molecule has 1 aromatic heterocycles. The van der Waals surface area contributed by atoms with Gasteiger partial charge in [0.25, 0.3) is 5.91 Å². The summed E-state index contributed by atoms with van der Waals surface area (Å²) in [5.41, 5.74) is 2.61. The molecule has 1 fully saturated rings. The number of aryl methyl sites for hydroxylation is 2. The number of Topliss-reactive ketones (excluding diaryl/α,β-unsaturated/α-hetero) is 1. The van der Waals surface area contributed by atoms with Crippen LogP contribution in [0.25, 0.3) is 0 Å². The average Bonchev–Trinajstić information content (AvgIpc) is 3.28. The molecule has 7 heteroatoms. The fraction of sp³-hybridized carbons (Fsp3) is 0.353. The van der Waals surface area contributed by atoms with Crippen molar-refractivity contribution in [2.24, 2.45) is 7.05 Å². The normalized spacial score (nSPS) is 13.8. The number of nitrogens with one attached hydrogen (secondary N) is 1. The molecule has 5 nitrogen and oxygen atoms in total. The number of rotatable bonds is 5. The lowest BCUT2D eigenvalue weighted by Gasteiger charge is -2.08. The molecule has 0 bridgehead atoms. The van der Waals surface area contributed by atoms with Gasteiger partial charge in [-0.15, -0.1) is 0 Å². The highest BCUT2D eigenvalue weighted by atomic mass is 127. The van der Waals surface area contributed by atoms with Crippen LogP contribution in [0.15, 0.2) is 18.2 Å². The van der Waals surface area contributed by atoms with Crippen molar-refractivity contribution in [2.75, 3.05) is 0 Å². The lowest BCUT2D eigenvalue weighted by Crippen LogP contribution is -2.25. The summed E-state index contributed by atoms with van der Waals surface area (Å²) in [6, 6.07) is 5.42. The number of hydrogen-bond donors (Lipinski definition) is 1. The van der Waals surface area contributed by atoms with E-state index < -0.39 is 0 Å². The number of benzene rings is 1. The second-order valence-electron chi connectivity index (χ2n) is 6.03. The number of carbonyl (C=O) groups excluding carboxylic acids is 2. The Kier molecular flexibility index (Phi) is 4.96. The third-order valence-corrected chi connectivity index (χ3v) is 5.59. The first-order chi connectivity index (χ1) is 11.4. The van der Waals surface area contributed by atoms with E-state index in [-0.39, 0.29) is 24.2 Å². The Morgan fingerprint density at radius 2 is 2.12 bits per heavy atom. The number of ketones is 1. The van der Waals surface area contributed by atoms with E-state index in [4.69, 9.17) is 11.6 Å². The topological polar surface area (TPSA) is 64.0 Å². The molecule has 1 aliphatic carbocycles. The molecule has 1 aromatic carbocycles. The van der Waals surface area contributed by atoms with Gasteiger partial charge in [0.2, 0.25) is 0 Å². The molecule has 126 valence electrons. The summed E-state index contributed by atoms with van der Waals surface area (Å²) in [7, 11) is 1.76. The molecular formula is C17H17ClIN3O2. The van der Waals surface area contributed by atoms with Gasteiger partial charge in [0, 0.05) is 19.5 Å². The van der Waals surface area contributed by atoms with Gasteiger partial charge in [-0.25, -0.2) is 0 Å². The summed E-state index contributed by atoms with van der Waals surface area (Å²) in [6.07, 6.45) is 2.23. The van der Waals surface area contributed by atoms with Crippen LogP contribution in [0.3, 0.4) is 0 Å². The van der Waals surface area contributed by atoms with E-state index in [1.807, 2.05) is 6.92 Å². The van der Waals surface area contributed by atoms with Gasteiger partial charge < -0.3 is 5.32 Å². The molecule has 0 atom stereocenters. The number of nitrogens with zero attached hydrogens (tertiary/aromatic N) is 2. The minimum absolute atomic E-state index is 0.0293. The number of amides is 1. The molecular weight excluding hydrogens is 441 g/mol. The number of halogens is 2. The Balaban J connectivity index is 1.82. The maximum absolute atomic E-state index is 12.6. The van der Waals surface area contributed by atoms with Gasteiger partial charge in [-0.1, -0.05) is 17.7 Å². The molecule has 2 aromatic rings. The number of aromatic nitrogens is 2. The Hall–Kier alpha value is -1.41. The van der Waals surface area contributed by atoms with Gasteiger partial charge in [-0.3, -0.25) is 14.3 Å². The zero-order chi connectivity index (χ0) is 17.4. The highest BCUT2D eigenvalue weighted by molar-refractivity contribution is 14.1. The zero-order valence-electron chi connectivity index (χ0n) is 13.4. The molecule has 0 radical (unpaired) electrons. The van der Waals surface area contributed by atoms with Crippen LogP contribution < -0.4 is 5.32 Å². The second kappa shape index (κ2) is 6.84. The number of hydrogen-bond acceptors (Lipinski definition) is 3. The molecule has 1 saturated carbocycles. The van der Waals surface area contributed by atoms with Gasteiger partial charge >= 0.3 is 0 Å².